The zero-order valence-electron chi connectivity index (χ0n) is 8.61. The van der Waals surface area contributed by atoms with Crippen molar-refractivity contribution >= 4 is 38.4 Å². The first kappa shape index (κ1) is 10.7. The molecule has 0 saturated heterocycles. The molecule has 0 aliphatic rings. The van der Waals surface area contributed by atoms with E-state index < -0.39 is 0 Å². The monoisotopic (exact) mass is 307 g/mol. The molecule has 5 heteroatoms. The predicted octanol–water partition coefficient (Wildman–Crippen LogP) is 4.04. The number of aromatic amines is 1. The molecule has 0 saturated carbocycles. The Morgan fingerprint density at radius 2 is 1.88 bits per heavy atom. The molecule has 0 aliphatic carbocycles. The minimum atomic E-state index is 0.535. The lowest BCUT2D eigenvalue weighted by molar-refractivity contribution is 1.16. The van der Waals surface area contributed by atoms with E-state index in [1.165, 1.54) is 0 Å². The highest BCUT2D eigenvalue weighted by molar-refractivity contribution is 9.10. The van der Waals surface area contributed by atoms with E-state index in [1.807, 2.05) is 24.3 Å². The summed E-state index contributed by atoms with van der Waals surface area (Å²) in [4.78, 5) is 11.6. The van der Waals surface area contributed by atoms with Crippen molar-refractivity contribution in [2.24, 2.45) is 0 Å². The van der Waals surface area contributed by atoms with E-state index in [2.05, 4.69) is 30.9 Å². The second-order valence-corrected chi connectivity index (χ2v) is 4.99. The summed E-state index contributed by atoms with van der Waals surface area (Å²) in [6.45, 7) is 0. The number of rotatable bonds is 1. The maximum Gasteiger partial charge on any atom is 0.175 e. The summed E-state index contributed by atoms with van der Waals surface area (Å²) in [5, 5.41) is 1.66. The quantitative estimate of drug-likeness (QED) is 0.737. The highest BCUT2D eigenvalue weighted by Crippen LogP contribution is 2.24. The Labute approximate surface area is 111 Å². The maximum absolute atomic E-state index is 5.76. The summed E-state index contributed by atoms with van der Waals surface area (Å²) < 4.78 is 1.04. The number of hydrogen-bond donors (Lipinski definition) is 1. The Balaban J connectivity index is 2.14. The van der Waals surface area contributed by atoms with Gasteiger partial charge >= 0.3 is 0 Å². The third-order valence-corrected chi connectivity index (χ3v) is 3.13. The van der Waals surface area contributed by atoms with E-state index in [9.17, 15) is 0 Å². The van der Waals surface area contributed by atoms with Crippen molar-refractivity contribution in [1.29, 1.82) is 0 Å². The van der Waals surface area contributed by atoms with Gasteiger partial charge in [-0.3, -0.25) is 0 Å². The van der Waals surface area contributed by atoms with Crippen LogP contribution in [0.15, 0.2) is 41.1 Å². The van der Waals surface area contributed by atoms with Crippen LogP contribution in [0.1, 0.15) is 0 Å². The largest absolute Gasteiger partial charge is 0.352 e. The molecule has 1 N–H and O–H groups in total. The molecule has 0 atom stereocenters. The van der Waals surface area contributed by atoms with Gasteiger partial charge in [0.2, 0.25) is 0 Å². The van der Waals surface area contributed by atoms with Crippen molar-refractivity contribution in [1.82, 2.24) is 15.0 Å². The van der Waals surface area contributed by atoms with E-state index >= 15 is 0 Å². The molecule has 0 radical (unpaired) electrons. The van der Waals surface area contributed by atoms with Crippen LogP contribution in [0.25, 0.3) is 22.4 Å². The fourth-order valence-corrected chi connectivity index (χ4v) is 2.13. The zero-order valence-corrected chi connectivity index (χ0v) is 11.0. The fourth-order valence-electron chi connectivity index (χ4n) is 1.67. The Morgan fingerprint density at radius 3 is 2.65 bits per heavy atom. The van der Waals surface area contributed by atoms with Crippen LogP contribution in [0, 0.1) is 0 Å². The van der Waals surface area contributed by atoms with Gasteiger partial charge in [-0.05, 0) is 18.2 Å². The molecule has 2 aromatic heterocycles. The average Bonchev–Trinajstić information content (AvgIpc) is 2.72. The first-order chi connectivity index (χ1) is 8.22. The van der Waals surface area contributed by atoms with Crippen molar-refractivity contribution in [3.8, 4) is 11.5 Å². The molecular formula is C12H7BrClN3. The summed E-state index contributed by atoms with van der Waals surface area (Å²) in [5.74, 6) is 0.640. The molecule has 3 aromatic rings. The molecule has 0 unspecified atom stereocenters. The first-order valence-corrected chi connectivity index (χ1v) is 6.16. The maximum atomic E-state index is 5.76. The molecule has 2 heterocycles. The van der Waals surface area contributed by atoms with Crippen LogP contribution >= 0.6 is 27.5 Å². The minimum Gasteiger partial charge on any atom is -0.352 e. The Kier molecular flexibility index (Phi) is 2.61. The van der Waals surface area contributed by atoms with Crippen LogP contribution in [-0.2, 0) is 0 Å². The van der Waals surface area contributed by atoms with Crippen molar-refractivity contribution < 1.29 is 0 Å². The molecule has 0 bridgehead atoms. The number of hydrogen-bond acceptors (Lipinski definition) is 2. The number of aromatic nitrogens is 3. The van der Waals surface area contributed by atoms with Crippen LogP contribution in [-0.4, -0.2) is 15.0 Å². The van der Waals surface area contributed by atoms with E-state index in [0.717, 1.165) is 21.1 Å². The Morgan fingerprint density at radius 1 is 1.12 bits per heavy atom. The van der Waals surface area contributed by atoms with Crippen molar-refractivity contribution in [3.05, 3.63) is 46.2 Å². The molecule has 0 spiro atoms. The molecule has 0 amide bonds. The summed E-state index contributed by atoms with van der Waals surface area (Å²) in [6.07, 6.45) is 3.18. The SMILES string of the molecule is Clc1cnc(-c2cc3ccc(Br)cc3[nH]2)nc1. The Bertz CT molecular complexity index is 676. The molecule has 0 fully saturated rings. The molecule has 84 valence electrons. The van der Waals surface area contributed by atoms with E-state index in [4.69, 9.17) is 11.6 Å². The first-order valence-electron chi connectivity index (χ1n) is 4.98. The van der Waals surface area contributed by atoms with E-state index in [0.29, 0.717) is 10.8 Å². The van der Waals surface area contributed by atoms with Crippen LogP contribution in [0.4, 0.5) is 0 Å². The fraction of sp³-hybridized carbons (Fsp3) is 0. The third kappa shape index (κ3) is 2.06. The number of nitrogens with zero attached hydrogens (tertiary/aromatic N) is 2. The summed E-state index contributed by atoms with van der Waals surface area (Å²) in [5.41, 5.74) is 1.93. The summed E-state index contributed by atoms with van der Waals surface area (Å²) in [6, 6.07) is 8.08. The topological polar surface area (TPSA) is 41.6 Å². The van der Waals surface area contributed by atoms with Crippen LogP contribution in [0.2, 0.25) is 5.02 Å². The second-order valence-electron chi connectivity index (χ2n) is 3.64. The van der Waals surface area contributed by atoms with Crippen LogP contribution in [0.3, 0.4) is 0 Å². The lowest BCUT2D eigenvalue weighted by Gasteiger charge is -1.94. The number of nitrogens with one attached hydrogen (secondary N) is 1. The zero-order chi connectivity index (χ0) is 11.8. The van der Waals surface area contributed by atoms with Gasteiger partial charge in [0.25, 0.3) is 0 Å². The highest BCUT2D eigenvalue weighted by Gasteiger charge is 2.05. The third-order valence-electron chi connectivity index (χ3n) is 2.45. The van der Waals surface area contributed by atoms with Crippen molar-refractivity contribution in [3.63, 3.8) is 0 Å². The number of benzene rings is 1. The normalized spacial score (nSPS) is 10.9. The van der Waals surface area contributed by atoms with Gasteiger partial charge in [0.1, 0.15) is 0 Å². The van der Waals surface area contributed by atoms with Gasteiger partial charge in [0.05, 0.1) is 10.7 Å². The van der Waals surface area contributed by atoms with Crippen molar-refractivity contribution in [2.75, 3.05) is 0 Å². The number of halogens is 2. The van der Waals surface area contributed by atoms with Gasteiger partial charge in [-0.1, -0.05) is 33.6 Å². The Hall–Kier alpha value is -1.39. The van der Waals surface area contributed by atoms with Gasteiger partial charge in [-0.25, -0.2) is 9.97 Å². The van der Waals surface area contributed by atoms with Gasteiger partial charge in [-0.2, -0.15) is 0 Å². The molecule has 0 aliphatic heterocycles. The lowest BCUT2D eigenvalue weighted by atomic mass is 10.2. The molecule has 1 aromatic carbocycles. The van der Waals surface area contributed by atoms with Gasteiger partial charge < -0.3 is 4.98 Å². The molecule has 3 rings (SSSR count). The molecule has 17 heavy (non-hydrogen) atoms. The van der Waals surface area contributed by atoms with Crippen LogP contribution in [0.5, 0.6) is 0 Å². The van der Waals surface area contributed by atoms with E-state index in [1.54, 1.807) is 12.4 Å². The number of H-pyrrole nitrogens is 1. The van der Waals surface area contributed by atoms with Gasteiger partial charge in [0.15, 0.2) is 5.82 Å². The van der Waals surface area contributed by atoms with Gasteiger partial charge in [-0.15, -0.1) is 0 Å². The molecular weight excluding hydrogens is 302 g/mol. The summed E-state index contributed by atoms with van der Waals surface area (Å²) >= 11 is 9.20. The summed E-state index contributed by atoms with van der Waals surface area (Å²) in [7, 11) is 0. The number of fused-ring (bicyclic) bond motifs is 1. The van der Waals surface area contributed by atoms with Gasteiger partial charge in [0, 0.05) is 27.8 Å². The minimum absolute atomic E-state index is 0.535. The molecule has 3 nitrogen and oxygen atoms in total. The van der Waals surface area contributed by atoms with Crippen LogP contribution < -0.4 is 0 Å². The second kappa shape index (κ2) is 4.13. The predicted molar refractivity (Wildman–Crippen MR) is 72.0 cm³/mol. The van der Waals surface area contributed by atoms with Crippen molar-refractivity contribution in [2.45, 2.75) is 0 Å². The average molecular weight is 309 g/mol. The smallest absolute Gasteiger partial charge is 0.175 e. The lowest BCUT2D eigenvalue weighted by Crippen LogP contribution is -1.86. The highest BCUT2D eigenvalue weighted by atomic mass is 79.9. The van der Waals surface area contributed by atoms with E-state index in [-0.39, 0.29) is 0 Å². The standard InChI is InChI=1S/C12H7BrClN3/c13-8-2-1-7-3-11(17-10(7)4-8)12-15-5-9(14)6-16-12/h1-6,17H.